The summed E-state index contributed by atoms with van der Waals surface area (Å²) in [5.74, 6) is 0.506. The molecule has 0 saturated carbocycles. The second-order valence-electron chi connectivity index (χ2n) is 5.37. The summed E-state index contributed by atoms with van der Waals surface area (Å²) in [7, 11) is 0. The molecule has 3 nitrogen and oxygen atoms in total. The lowest BCUT2D eigenvalue weighted by Gasteiger charge is -2.21. The van der Waals surface area contributed by atoms with Crippen LogP contribution in [-0.2, 0) is 9.53 Å². The molecule has 92 valence electrons. The summed E-state index contributed by atoms with van der Waals surface area (Å²) in [4.78, 5) is 11.4. The second-order valence-corrected chi connectivity index (χ2v) is 5.37. The molecule has 0 fully saturated rings. The van der Waals surface area contributed by atoms with Crippen LogP contribution in [0.15, 0.2) is 12.2 Å². The Bertz CT molecular complexity index is 253. The highest BCUT2D eigenvalue weighted by molar-refractivity contribution is 5.72. The van der Waals surface area contributed by atoms with E-state index in [0.29, 0.717) is 12.5 Å². The van der Waals surface area contributed by atoms with Crippen LogP contribution in [0.1, 0.15) is 40.0 Å². The average molecular weight is 225 g/mol. The molecule has 0 amide bonds. The lowest BCUT2D eigenvalue weighted by molar-refractivity contribution is -0.153. The molecule has 0 saturated heterocycles. The van der Waals surface area contributed by atoms with E-state index in [1.807, 2.05) is 20.8 Å². The minimum Gasteiger partial charge on any atom is -0.459 e. The fraction of sp³-hybridized carbons (Fsp3) is 0.769. The molecular weight excluding hydrogens is 202 g/mol. The minimum atomic E-state index is -0.383. The SMILES string of the molecule is CC(C)(C)OC(=O)CNCC1CC=CCC1. The number of nitrogens with one attached hydrogen (secondary N) is 1. The van der Waals surface area contributed by atoms with E-state index in [-0.39, 0.29) is 11.6 Å². The summed E-state index contributed by atoms with van der Waals surface area (Å²) in [5.41, 5.74) is -0.383. The number of carbonyl (C=O) groups is 1. The summed E-state index contributed by atoms with van der Waals surface area (Å²) in [6.45, 7) is 6.88. The highest BCUT2D eigenvalue weighted by Crippen LogP contribution is 2.16. The molecule has 1 unspecified atom stereocenters. The molecule has 3 heteroatoms. The van der Waals surface area contributed by atoms with Crippen molar-refractivity contribution in [3.8, 4) is 0 Å². The van der Waals surface area contributed by atoms with Crippen molar-refractivity contribution in [1.29, 1.82) is 0 Å². The Morgan fingerprint density at radius 1 is 1.44 bits per heavy atom. The molecule has 0 bridgehead atoms. The van der Waals surface area contributed by atoms with Gasteiger partial charge >= 0.3 is 5.97 Å². The maximum absolute atomic E-state index is 11.4. The molecule has 0 aromatic rings. The van der Waals surface area contributed by atoms with Crippen molar-refractivity contribution >= 4 is 5.97 Å². The van der Waals surface area contributed by atoms with Gasteiger partial charge in [0.15, 0.2) is 0 Å². The Morgan fingerprint density at radius 3 is 2.75 bits per heavy atom. The van der Waals surface area contributed by atoms with Gasteiger partial charge in [-0.3, -0.25) is 4.79 Å². The van der Waals surface area contributed by atoms with E-state index in [1.54, 1.807) is 0 Å². The van der Waals surface area contributed by atoms with E-state index in [1.165, 1.54) is 12.8 Å². The first-order valence-electron chi connectivity index (χ1n) is 6.05. The van der Waals surface area contributed by atoms with Crippen LogP contribution in [0.2, 0.25) is 0 Å². The predicted octanol–water partition coefficient (Wildman–Crippen LogP) is 2.27. The number of hydrogen-bond donors (Lipinski definition) is 1. The Labute approximate surface area is 98.2 Å². The smallest absolute Gasteiger partial charge is 0.320 e. The molecule has 0 radical (unpaired) electrons. The third-order valence-electron chi connectivity index (χ3n) is 2.50. The van der Waals surface area contributed by atoms with E-state index in [0.717, 1.165) is 13.0 Å². The average Bonchev–Trinajstić information content (AvgIpc) is 2.16. The van der Waals surface area contributed by atoms with Crippen molar-refractivity contribution in [3.05, 3.63) is 12.2 Å². The standard InChI is InChI=1S/C13H23NO2/c1-13(2,3)16-12(15)10-14-9-11-7-5-4-6-8-11/h4-5,11,14H,6-10H2,1-3H3. The largest absolute Gasteiger partial charge is 0.459 e. The number of esters is 1. The summed E-state index contributed by atoms with van der Waals surface area (Å²) in [5, 5.41) is 3.17. The van der Waals surface area contributed by atoms with E-state index in [4.69, 9.17) is 4.74 Å². The van der Waals surface area contributed by atoms with Crippen molar-refractivity contribution in [2.24, 2.45) is 5.92 Å². The number of rotatable bonds is 4. The molecule has 0 spiro atoms. The van der Waals surface area contributed by atoms with Gasteiger partial charge in [-0.1, -0.05) is 12.2 Å². The van der Waals surface area contributed by atoms with Gasteiger partial charge in [0.2, 0.25) is 0 Å². The zero-order valence-electron chi connectivity index (χ0n) is 10.6. The Morgan fingerprint density at radius 2 is 2.19 bits per heavy atom. The number of allylic oxidation sites excluding steroid dienone is 2. The van der Waals surface area contributed by atoms with Gasteiger partial charge in [-0.25, -0.2) is 0 Å². The van der Waals surface area contributed by atoms with Crippen LogP contribution in [0.4, 0.5) is 0 Å². The first-order chi connectivity index (χ1) is 7.47. The van der Waals surface area contributed by atoms with E-state index in [2.05, 4.69) is 17.5 Å². The van der Waals surface area contributed by atoms with Gasteiger partial charge in [0.25, 0.3) is 0 Å². The van der Waals surface area contributed by atoms with Gasteiger partial charge in [0.05, 0.1) is 6.54 Å². The first-order valence-corrected chi connectivity index (χ1v) is 6.05. The molecule has 1 aliphatic carbocycles. The van der Waals surface area contributed by atoms with Crippen LogP contribution < -0.4 is 5.32 Å². The monoisotopic (exact) mass is 225 g/mol. The van der Waals surface area contributed by atoms with Gasteiger partial charge in [-0.2, -0.15) is 0 Å². The number of hydrogen-bond acceptors (Lipinski definition) is 3. The molecule has 1 atom stereocenters. The van der Waals surface area contributed by atoms with Crippen LogP contribution in [0.5, 0.6) is 0 Å². The lowest BCUT2D eigenvalue weighted by atomic mass is 9.94. The van der Waals surface area contributed by atoms with Gasteiger partial charge < -0.3 is 10.1 Å². The summed E-state index contributed by atoms with van der Waals surface area (Å²) in [6, 6.07) is 0. The molecule has 0 aromatic carbocycles. The third-order valence-corrected chi connectivity index (χ3v) is 2.50. The molecule has 0 aliphatic heterocycles. The quantitative estimate of drug-likeness (QED) is 0.589. The van der Waals surface area contributed by atoms with E-state index in [9.17, 15) is 4.79 Å². The fourth-order valence-corrected chi connectivity index (χ4v) is 1.80. The van der Waals surface area contributed by atoms with Gasteiger partial charge in [-0.05, 0) is 52.5 Å². The van der Waals surface area contributed by atoms with Crippen molar-refractivity contribution in [3.63, 3.8) is 0 Å². The van der Waals surface area contributed by atoms with Crippen molar-refractivity contribution in [2.75, 3.05) is 13.1 Å². The molecule has 1 aliphatic rings. The summed E-state index contributed by atoms with van der Waals surface area (Å²) < 4.78 is 5.21. The fourth-order valence-electron chi connectivity index (χ4n) is 1.80. The van der Waals surface area contributed by atoms with Gasteiger partial charge in [-0.15, -0.1) is 0 Å². The Balaban J connectivity index is 2.10. The van der Waals surface area contributed by atoms with Crippen molar-refractivity contribution in [1.82, 2.24) is 5.32 Å². The van der Waals surface area contributed by atoms with E-state index < -0.39 is 0 Å². The summed E-state index contributed by atoms with van der Waals surface area (Å²) in [6.07, 6.45) is 7.96. The normalized spacial score (nSPS) is 20.8. The van der Waals surface area contributed by atoms with E-state index >= 15 is 0 Å². The maximum atomic E-state index is 11.4. The van der Waals surface area contributed by atoms with Crippen LogP contribution in [0.3, 0.4) is 0 Å². The third kappa shape index (κ3) is 5.91. The Kier molecular flexibility index (Phi) is 5.00. The molecule has 0 aromatic heterocycles. The molecule has 16 heavy (non-hydrogen) atoms. The van der Waals surface area contributed by atoms with Gasteiger partial charge in [0.1, 0.15) is 5.60 Å². The predicted molar refractivity (Wildman–Crippen MR) is 65.2 cm³/mol. The zero-order chi connectivity index (χ0) is 12.0. The molecule has 1 N–H and O–H groups in total. The second kappa shape index (κ2) is 6.04. The first kappa shape index (κ1) is 13.2. The maximum Gasteiger partial charge on any atom is 0.320 e. The lowest BCUT2D eigenvalue weighted by Crippen LogP contribution is -2.33. The van der Waals surface area contributed by atoms with Crippen LogP contribution in [0.25, 0.3) is 0 Å². The molecular formula is C13H23NO2. The van der Waals surface area contributed by atoms with Crippen LogP contribution in [0, 0.1) is 5.92 Å². The van der Waals surface area contributed by atoms with Crippen LogP contribution in [-0.4, -0.2) is 24.7 Å². The highest BCUT2D eigenvalue weighted by Gasteiger charge is 2.16. The molecule has 0 heterocycles. The van der Waals surface area contributed by atoms with Crippen molar-refractivity contribution < 1.29 is 9.53 Å². The number of ether oxygens (including phenoxy) is 1. The minimum absolute atomic E-state index is 0.168. The molecule has 1 rings (SSSR count). The van der Waals surface area contributed by atoms with Gasteiger partial charge in [0, 0.05) is 0 Å². The van der Waals surface area contributed by atoms with Crippen LogP contribution >= 0.6 is 0 Å². The topological polar surface area (TPSA) is 38.3 Å². The highest BCUT2D eigenvalue weighted by atomic mass is 16.6. The summed E-state index contributed by atoms with van der Waals surface area (Å²) >= 11 is 0. The zero-order valence-corrected chi connectivity index (χ0v) is 10.6. The van der Waals surface area contributed by atoms with Crippen molar-refractivity contribution in [2.45, 2.75) is 45.6 Å². The number of carbonyl (C=O) groups excluding carboxylic acids is 1. The Hall–Kier alpha value is -0.830.